The van der Waals surface area contributed by atoms with E-state index < -0.39 is 28.9 Å². The smallest absolute Gasteiger partial charge is 0.328 e. The largest absolute Gasteiger partial charge is 0.365 e. The van der Waals surface area contributed by atoms with Crippen molar-refractivity contribution in [3.8, 4) is 0 Å². The Bertz CT molecular complexity index is 1360. The van der Waals surface area contributed by atoms with E-state index in [1.54, 1.807) is 19.1 Å². The van der Waals surface area contributed by atoms with Crippen LogP contribution in [-0.4, -0.2) is 58.6 Å². The van der Waals surface area contributed by atoms with Crippen LogP contribution in [0.1, 0.15) is 35.9 Å². The first-order valence-electron chi connectivity index (χ1n) is 11.1. The molecule has 1 fully saturated rings. The average molecular weight is 472 g/mol. The van der Waals surface area contributed by atoms with E-state index in [0.29, 0.717) is 37.4 Å². The second-order valence-corrected chi connectivity index (χ2v) is 8.16. The van der Waals surface area contributed by atoms with E-state index in [9.17, 15) is 18.8 Å². The molecule has 3 heterocycles. The van der Waals surface area contributed by atoms with Gasteiger partial charge in [0.15, 0.2) is 5.82 Å². The second kappa shape index (κ2) is 9.34. The number of amides is 1. The van der Waals surface area contributed by atoms with Gasteiger partial charge in [-0.25, -0.2) is 14.2 Å². The van der Waals surface area contributed by atoms with E-state index in [-0.39, 0.29) is 29.2 Å². The van der Waals surface area contributed by atoms with Crippen molar-refractivity contribution in [2.45, 2.75) is 26.4 Å². The summed E-state index contributed by atoms with van der Waals surface area (Å²) in [5.74, 6) is -1.80. The van der Waals surface area contributed by atoms with Crippen LogP contribution in [0.3, 0.4) is 0 Å². The Morgan fingerprint density at radius 3 is 2.47 bits per heavy atom. The summed E-state index contributed by atoms with van der Waals surface area (Å²) in [6.45, 7) is 5.75. The number of nitrogens with one attached hydrogen (secondary N) is 2. The molecule has 34 heavy (non-hydrogen) atoms. The maximum atomic E-state index is 15.4. The fraction of sp³-hybridized carbons (Fsp3) is 0.391. The van der Waals surface area contributed by atoms with E-state index >= 15 is 4.39 Å². The molecule has 0 saturated carbocycles. The van der Waals surface area contributed by atoms with E-state index in [1.165, 1.54) is 19.2 Å². The average Bonchev–Trinajstić information content (AvgIpc) is 2.84. The molecular weight excluding hydrogens is 446 g/mol. The summed E-state index contributed by atoms with van der Waals surface area (Å²) >= 11 is 0. The van der Waals surface area contributed by atoms with Crippen LogP contribution in [0.2, 0.25) is 0 Å². The number of pyridine rings is 1. The van der Waals surface area contributed by atoms with Crippen molar-refractivity contribution >= 4 is 22.5 Å². The number of hydrogen-bond acceptors (Lipinski definition) is 6. The third-order valence-corrected chi connectivity index (χ3v) is 6.38. The summed E-state index contributed by atoms with van der Waals surface area (Å²) < 4.78 is 30.9. The molecule has 180 valence electrons. The number of aromatic nitrogens is 3. The zero-order valence-corrected chi connectivity index (χ0v) is 19.2. The van der Waals surface area contributed by atoms with Crippen LogP contribution < -0.4 is 21.5 Å². The number of piperazine rings is 1. The van der Waals surface area contributed by atoms with Gasteiger partial charge in [-0.2, -0.15) is 4.39 Å². The monoisotopic (exact) mass is 472 g/mol. The lowest BCUT2D eigenvalue weighted by Crippen LogP contribution is -2.47. The van der Waals surface area contributed by atoms with Gasteiger partial charge in [-0.1, -0.05) is 6.07 Å². The molecule has 1 unspecified atom stereocenters. The number of rotatable bonds is 5. The lowest BCUT2D eigenvalue weighted by molar-refractivity contribution is 0.0957. The van der Waals surface area contributed by atoms with Crippen molar-refractivity contribution in [2.24, 2.45) is 0 Å². The molecule has 2 aromatic heterocycles. The summed E-state index contributed by atoms with van der Waals surface area (Å²) in [4.78, 5) is 46.4. The van der Waals surface area contributed by atoms with E-state index in [4.69, 9.17) is 0 Å². The van der Waals surface area contributed by atoms with Crippen LogP contribution >= 0.6 is 0 Å². The predicted molar refractivity (Wildman–Crippen MR) is 124 cm³/mol. The van der Waals surface area contributed by atoms with Crippen LogP contribution in [0.4, 0.5) is 14.5 Å². The molecule has 9 nitrogen and oxygen atoms in total. The van der Waals surface area contributed by atoms with E-state index in [1.807, 2.05) is 11.8 Å². The Hall–Kier alpha value is -3.60. The molecule has 3 aromatic rings. The Balaban J connectivity index is 1.53. The fourth-order valence-electron chi connectivity index (χ4n) is 4.38. The molecule has 1 atom stereocenters. The molecule has 2 N–H and O–H groups in total. The number of halogens is 2. The molecule has 1 aliphatic heterocycles. The molecule has 1 aromatic carbocycles. The minimum Gasteiger partial charge on any atom is -0.365 e. The van der Waals surface area contributed by atoms with Gasteiger partial charge >= 0.3 is 5.69 Å². The van der Waals surface area contributed by atoms with Crippen molar-refractivity contribution in [2.75, 3.05) is 38.1 Å². The van der Waals surface area contributed by atoms with E-state index in [0.717, 1.165) is 4.57 Å². The van der Waals surface area contributed by atoms with E-state index in [2.05, 4.69) is 20.2 Å². The van der Waals surface area contributed by atoms with Gasteiger partial charge in [0.05, 0.1) is 16.6 Å². The standard InChI is InChI=1S/C23H26F2N6O3/c1-4-31-22(33)15-6-5-14(18(24)19(15)28-23(31)34)13(2)29-9-11-30(12-10-29)17-8-7-16(21(32)26-3)27-20(17)25/h5-8,13H,4,9-12H2,1-3H3,(H,26,32)(H,28,34). The molecule has 0 aliphatic carbocycles. The number of benzene rings is 1. The lowest BCUT2D eigenvalue weighted by atomic mass is 10.0. The van der Waals surface area contributed by atoms with Crippen LogP contribution in [0.15, 0.2) is 33.9 Å². The van der Waals surface area contributed by atoms with Crippen LogP contribution in [0.25, 0.3) is 10.9 Å². The zero-order chi connectivity index (χ0) is 24.6. The highest BCUT2D eigenvalue weighted by molar-refractivity contribution is 5.92. The molecule has 0 spiro atoms. The third kappa shape index (κ3) is 4.07. The SMILES string of the molecule is CCn1c(=O)[nH]c2c(F)c(C(C)N3CCN(c4ccc(C(=O)NC)nc4F)CC3)ccc2c1=O. The Morgan fingerprint density at radius 2 is 1.85 bits per heavy atom. The first-order valence-corrected chi connectivity index (χ1v) is 11.1. The first-order chi connectivity index (χ1) is 16.3. The van der Waals surface area contributed by atoms with Crippen molar-refractivity contribution in [1.82, 2.24) is 24.8 Å². The van der Waals surface area contributed by atoms with Crippen LogP contribution in [-0.2, 0) is 6.54 Å². The highest BCUT2D eigenvalue weighted by Crippen LogP contribution is 2.28. The molecular formula is C23H26F2N6O3. The number of carbonyl (C=O) groups excluding carboxylic acids is 1. The Kier molecular flexibility index (Phi) is 6.47. The van der Waals surface area contributed by atoms with Crippen LogP contribution in [0, 0.1) is 11.8 Å². The van der Waals surface area contributed by atoms with Crippen molar-refractivity contribution in [3.05, 3.63) is 68.1 Å². The first kappa shape index (κ1) is 23.6. The Morgan fingerprint density at radius 1 is 1.15 bits per heavy atom. The molecule has 0 radical (unpaired) electrons. The third-order valence-electron chi connectivity index (χ3n) is 6.38. The van der Waals surface area contributed by atoms with Gasteiger partial charge in [0.1, 0.15) is 5.69 Å². The highest BCUT2D eigenvalue weighted by atomic mass is 19.1. The van der Waals surface area contributed by atoms with Gasteiger partial charge in [0.2, 0.25) is 5.95 Å². The number of aromatic amines is 1. The van der Waals surface area contributed by atoms with Crippen molar-refractivity contribution in [1.29, 1.82) is 0 Å². The minimum absolute atomic E-state index is 0.00604. The van der Waals surface area contributed by atoms with Gasteiger partial charge in [-0.3, -0.25) is 19.1 Å². The summed E-state index contributed by atoms with van der Waals surface area (Å²) in [6, 6.07) is 5.80. The molecule has 1 amide bonds. The molecule has 0 bridgehead atoms. The highest BCUT2D eigenvalue weighted by Gasteiger charge is 2.27. The summed E-state index contributed by atoms with van der Waals surface area (Å²) in [5, 5.41) is 2.54. The molecule has 1 saturated heterocycles. The van der Waals surface area contributed by atoms with Crippen molar-refractivity contribution < 1.29 is 13.6 Å². The summed E-state index contributed by atoms with van der Waals surface area (Å²) in [7, 11) is 1.45. The number of hydrogen-bond donors (Lipinski definition) is 2. The maximum absolute atomic E-state index is 15.4. The van der Waals surface area contributed by atoms with Gasteiger partial charge in [-0.05, 0) is 32.0 Å². The number of H-pyrrole nitrogens is 1. The predicted octanol–water partition coefficient (Wildman–Crippen LogP) is 1.63. The molecule has 11 heteroatoms. The second-order valence-electron chi connectivity index (χ2n) is 8.16. The topological polar surface area (TPSA) is 103 Å². The quantitative estimate of drug-likeness (QED) is 0.547. The number of nitrogens with zero attached hydrogens (tertiary/aromatic N) is 4. The number of anilines is 1. The molecule has 4 rings (SSSR count). The zero-order valence-electron chi connectivity index (χ0n) is 19.2. The van der Waals surface area contributed by atoms with Gasteiger partial charge in [0.25, 0.3) is 11.5 Å². The van der Waals surface area contributed by atoms with Crippen molar-refractivity contribution in [3.63, 3.8) is 0 Å². The number of fused-ring (bicyclic) bond motifs is 1. The maximum Gasteiger partial charge on any atom is 0.328 e. The fourth-order valence-corrected chi connectivity index (χ4v) is 4.38. The Labute approximate surface area is 194 Å². The summed E-state index contributed by atoms with van der Waals surface area (Å²) in [6.07, 6.45) is 0. The lowest BCUT2D eigenvalue weighted by Gasteiger charge is -2.39. The normalized spacial score (nSPS) is 15.5. The number of carbonyl (C=O) groups is 1. The van der Waals surface area contributed by atoms with Gasteiger partial charge in [-0.15, -0.1) is 0 Å². The molecule has 1 aliphatic rings. The minimum atomic E-state index is -0.718. The van der Waals surface area contributed by atoms with Gasteiger partial charge in [0, 0.05) is 51.4 Å². The summed E-state index contributed by atoms with van der Waals surface area (Å²) in [5.41, 5.74) is -0.574. The van der Waals surface area contributed by atoms with Gasteiger partial charge < -0.3 is 15.2 Å². The van der Waals surface area contributed by atoms with Crippen LogP contribution in [0.5, 0.6) is 0 Å².